The first-order chi connectivity index (χ1) is 11.1. The van der Waals surface area contributed by atoms with Crippen LogP contribution in [0, 0.1) is 0 Å². The fraction of sp³-hybridized carbons (Fsp3) is 0. The third-order valence-corrected chi connectivity index (χ3v) is 3.10. The molecule has 0 radical (unpaired) electrons. The van der Waals surface area contributed by atoms with Crippen LogP contribution in [0.2, 0.25) is 0 Å². The van der Waals surface area contributed by atoms with E-state index in [4.69, 9.17) is 10.6 Å². The second-order valence-corrected chi connectivity index (χ2v) is 4.67. The number of aromatic nitrogens is 3. The van der Waals surface area contributed by atoms with Crippen LogP contribution in [-0.2, 0) is 0 Å². The molecule has 1 heterocycles. The average molecular weight is 308 g/mol. The molecule has 23 heavy (non-hydrogen) atoms. The van der Waals surface area contributed by atoms with Crippen LogP contribution in [-0.4, -0.2) is 26.9 Å². The van der Waals surface area contributed by atoms with Gasteiger partial charge in [-0.2, -0.15) is 0 Å². The van der Waals surface area contributed by atoms with Crippen molar-refractivity contribution in [1.82, 2.24) is 15.2 Å². The molecule has 0 aliphatic rings. The van der Waals surface area contributed by atoms with Crippen molar-refractivity contribution in [3.05, 3.63) is 77.6 Å². The minimum atomic E-state index is -0.603. The number of hydrogen-bond donors (Lipinski definition) is 1. The molecule has 114 valence electrons. The van der Waals surface area contributed by atoms with Gasteiger partial charge in [-0.05, 0) is 29.5 Å². The Bertz CT molecular complexity index is 859. The molecule has 0 atom stereocenters. The maximum absolute atomic E-state index is 12.3. The van der Waals surface area contributed by atoms with Gasteiger partial charge in [-0.15, -0.1) is 5.10 Å². The summed E-state index contributed by atoms with van der Waals surface area (Å²) in [5.74, 6) is -1.00. The third kappa shape index (κ3) is 3.08. The van der Waals surface area contributed by atoms with Crippen LogP contribution in [0.4, 0.5) is 5.69 Å². The lowest BCUT2D eigenvalue weighted by Crippen LogP contribution is -2.20. The van der Waals surface area contributed by atoms with Gasteiger partial charge in [-0.3, -0.25) is 4.79 Å². The lowest BCUT2D eigenvalue weighted by molar-refractivity contribution is 0.0383. The summed E-state index contributed by atoms with van der Waals surface area (Å²) >= 11 is 0. The van der Waals surface area contributed by atoms with E-state index in [2.05, 4.69) is 10.3 Å². The number of nitrogen functional groups attached to an aromatic ring is 1. The molecule has 0 spiro atoms. The van der Waals surface area contributed by atoms with Crippen LogP contribution in [0.3, 0.4) is 0 Å². The number of ketones is 1. The number of rotatable bonds is 4. The van der Waals surface area contributed by atoms with Crippen LogP contribution in [0.25, 0.3) is 0 Å². The van der Waals surface area contributed by atoms with E-state index in [0.717, 1.165) is 4.85 Å². The monoisotopic (exact) mass is 308 g/mol. The van der Waals surface area contributed by atoms with E-state index in [1.54, 1.807) is 54.6 Å². The van der Waals surface area contributed by atoms with E-state index < -0.39 is 11.8 Å². The van der Waals surface area contributed by atoms with Crippen molar-refractivity contribution in [2.45, 2.75) is 0 Å². The van der Waals surface area contributed by atoms with Crippen molar-refractivity contribution >= 4 is 17.4 Å². The first-order valence-corrected chi connectivity index (χ1v) is 6.74. The highest BCUT2D eigenvalue weighted by Crippen LogP contribution is 2.14. The van der Waals surface area contributed by atoms with Gasteiger partial charge in [-0.25, -0.2) is 4.79 Å². The molecule has 3 rings (SSSR count). The van der Waals surface area contributed by atoms with Crippen LogP contribution < -0.4 is 10.6 Å². The van der Waals surface area contributed by atoms with Gasteiger partial charge < -0.3 is 10.6 Å². The highest BCUT2D eigenvalue weighted by atomic mass is 16.7. The summed E-state index contributed by atoms with van der Waals surface area (Å²) in [7, 11) is 0. The lowest BCUT2D eigenvalue weighted by atomic mass is 10.1. The van der Waals surface area contributed by atoms with E-state index in [9.17, 15) is 9.59 Å². The Balaban J connectivity index is 1.77. The summed E-state index contributed by atoms with van der Waals surface area (Å²) in [6, 6.07) is 15.1. The van der Waals surface area contributed by atoms with Gasteiger partial charge in [0.25, 0.3) is 0 Å². The molecule has 2 aromatic carbocycles. The number of para-hydroxylation sites is 1. The molecule has 0 unspecified atom stereocenters. The Kier molecular flexibility index (Phi) is 3.84. The normalized spacial score (nSPS) is 10.3. The van der Waals surface area contributed by atoms with Crippen molar-refractivity contribution in [3.8, 4) is 0 Å². The van der Waals surface area contributed by atoms with Crippen molar-refractivity contribution in [2.24, 2.45) is 0 Å². The highest BCUT2D eigenvalue weighted by molar-refractivity contribution is 6.10. The predicted molar refractivity (Wildman–Crippen MR) is 81.7 cm³/mol. The predicted octanol–water partition coefficient (Wildman–Crippen LogP) is 1.36. The first-order valence-electron chi connectivity index (χ1n) is 6.74. The average Bonchev–Trinajstić information content (AvgIpc) is 3.04. The molecule has 3 aromatic rings. The number of nitrogens with zero attached hydrogens (tertiary/aromatic N) is 3. The Labute approximate surface area is 131 Å². The molecule has 0 bridgehead atoms. The number of benzene rings is 2. The number of nitrogens with two attached hydrogens (primary N) is 1. The molecule has 0 saturated heterocycles. The Hall–Kier alpha value is -3.48. The zero-order valence-electron chi connectivity index (χ0n) is 11.9. The summed E-state index contributed by atoms with van der Waals surface area (Å²) < 4.78 is 0. The van der Waals surface area contributed by atoms with Crippen molar-refractivity contribution in [2.75, 3.05) is 5.73 Å². The molecule has 2 N–H and O–H groups in total. The molecule has 1 aromatic heterocycles. The standard InChI is InChI=1S/C16H12N4O3/c17-13-9-5-4-8-12(13)15(21)14-10-20(19-18-14)23-16(22)11-6-2-1-3-7-11/h1-10H,17H2. The van der Waals surface area contributed by atoms with Gasteiger partial charge in [0, 0.05) is 11.3 Å². The molecular weight excluding hydrogens is 296 g/mol. The summed E-state index contributed by atoms with van der Waals surface area (Å²) in [5.41, 5.74) is 6.81. The third-order valence-electron chi connectivity index (χ3n) is 3.10. The second kappa shape index (κ2) is 6.10. The summed E-state index contributed by atoms with van der Waals surface area (Å²) in [6.45, 7) is 0. The van der Waals surface area contributed by atoms with Gasteiger partial charge in [0.15, 0.2) is 5.69 Å². The van der Waals surface area contributed by atoms with Crippen molar-refractivity contribution in [1.29, 1.82) is 0 Å². The molecule has 0 saturated carbocycles. The Morgan fingerprint density at radius 2 is 1.70 bits per heavy atom. The fourth-order valence-electron chi connectivity index (χ4n) is 1.95. The lowest BCUT2D eigenvalue weighted by Gasteiger charge is -2.01. The van der Waals surface area contributed by atoms with Crippen molar-refractivity contribution in [3.63, 3.8) is 0 Å². The van der Waals surface area contributed by atoms with E-state index in [1.807, 2.05) is 0 Å². The van der Waals surface area contributed by atoms with Crippen LogP contribution >= 0.6 is 0 Å². The van der Waals surface area contributed by atoms with Gasteiger partial charge >= 0.3 is 5.97 Å². The van der Waals surface area contributed by atoms with Gasteiger partial charge in [0.05, 0.1) is 11.8 Å². The fourth-order valence-corrected chi connectivity index (χ4v) is 1.95. The molecule has 7 heteroatoms. The maximum Gasteiger partial charge on any atom is 0.365 e. The molecular formula is C16H12N4O3. The minimum absolute atomic E-state index is 0.0313. The quantitative estimate of drug-likeness (QED) is 0.444. The molecule has 0 amide bonds. The van der Waals surface area contributed by atoms with E-state index in [-0.39, 0.29) is 5.69 Å². The SMILES string of the molecule is Nc1ccccc1C(=O)c1cn(OC(=O)c2ccccc2)nn1. The smallest absolute Gasteiger partial charge is 0.365 e. The first kappa shape index (κ1) is 14.5. The van der Waals surface area contributed by atoms with Gasteiger partial charge in [0.2, 0.25) is 5.78 Å². The Morgan fingerprint density at radius 3 is 2.43 bits per heavy atom. The zero-order chi connectivity index (χ0) is 16.2. The van der Waals surface area contributed by atoms with Gasteiger partial charge in [0.1, 0.15) is 0 Å². The van der Waals surface area contributed by atoms with Crippen LogP contribution in [0.5, 0.6) is 0 Å². The Morgan fingerprint density at radius 1 is 1.00 bits per heavy atom. The largest absolute Gasteiger partial charge is 0.398 e. The number of hydrogen-bond acceptors (Lipinski definition) is 6. The van der Waals surface area contributed by atoms with Crippen LogP contribution in [0.15, 0.2) is 60.8 Å². The van der Waals surface area contributed by atoms with Gasteiger partial charge in [-0.1, -0.05) is 35.2 Å². The molecule has 0 fully saturated rings. The van der Waals surface area contributed by atoms with Crippen LogP contribution in [0.1, 0.15) is 26.4 Å². The summed E-state index contributed by atoms with van der Waals surface area (Å²) in [5, 5.41) is 7.33. The van der Waals surface area contributed by atoms with E-state index in [1.165, 1.54) is 6.20 Å². The zero-order valence-corrected chi connectivity index (χ0v) is 11.9. The number of carbonyl (C=O) groups excluding carboxylic acids is 2. The van der Waals surface area contributed by atoms with E-state index >= 15 is 0 Å². The maximum atomic E-state index is 12.3. The second-order valence-electron chi connectivity index (χ2n) is 4.67. The molecule has 0 aliphatic carbocycles. The number of anilines is 1. The highest BCUT2D eigenvalue weighted by Gasteiger charge is 2.17. The summed E-state index contributed by atoms with van der Waals surface area (Å²) in [6.07, 6.45) is 1.23. The minimum Gasteiger partial charge on any atom is -0.398 e. The molecule has 7 nitrogen and oxygen atoms in total. The summed E-state index contributed by atoms with van der Waals surface area (Å²) in [4.78, 5) is 30.1. The van der Waals surface area contributed by atoms with Crippen molar-refractivity contribution < 1.29 is 14.4 Å². The molecule has 0 aliphatic heterocycles. The number of carbonyl (C=O) groups is 2. The topological polar surface area (TPSA) is 100 Å². The van der Waals surface area contributed by atoms with E-state index in [0.29, 0.717) is 16.8 Å².